The zero-order valence-corrected chi connectivity index (χ0v) is 13.1. The van der Waals surface area contributed by atoms with Crippen molar-refractivity contribution in [2.75, 3.05) is 18.0 Å². The molecule has 1 aromatic rings. The van der Waals surface area contributed by atoms with Crippen LogP contribution in [0.25, 0.3) is 0 Å². The van der Waals surface area contributed by atoms with E-state index in [4.69, 9.17) is 16.6 Å². The van der Waals surface area contributed by atoms with Gasteiger partial charge in [0.25, 0.3) is 0 Å². The van der Waals surface area contributed by atoms with Crippen LogP contribution in [0.3, 0.4) is 0 Å². The smallest absolute Gasteiger partial charge is 0.129 e. The fraction of sp³-hybridized carbons (Fsp3) is 0.688. The number of halogens is 1. The zero-order chi connectivity index (χ0) is 13.9. The summed E-state index contributed by atoms with van der Waals surface area (Å²) < 4.78 is 0. The normalized spacial score (nSPS) is 18.6. The number of rotatable bonds is 4. The van der Waals surface area contributed by atoms with Gasteiger partial charge in [0, 0.05) is 24.7 Å². The fourth-order valence-electron chi connectivity index (χ4n) is 2.60. The van der Waals surface area contributed by atoms with Gasteiger partial charge in [0.05, 0.1) is 0 Å². The highest BCUT2D eigenvalue weighted by molar-refractivity contribution is 6.17. The van der Waals surface area contributed by atoms with Crippen molar-refractivity contribution in [2.24, 2.45) is 5.41 Å². The number of hydrogen-bond acceptors (Lipinski definition) is 2. The van der Waals surface area contributed by atoms with E-state index in [1.54, 1.807) is 0 Å². The second-order valence-electron chi connectivity index (χ2n) is 6.36. The fourth-order valence-corrected chi connectivity index (χ4v) is 2.75. The average Bonchev–Trinajstić information content (AvgIpc) is 2.38. The first-order valence-corrected chi connectivity index (χ1v) is 7.88. The van der Waals surface area contributed by atoms with Gasteiger partial charge in [-0.3, -0.25) is 0 Å². The summed E-state index contributed by atoms with van der Waals surface area (Å²) in [4.78, 5) is 7.23. The summed E-state index contributed by atoms with van der Waals surface area (Å²) in [5, 5.41) is 0. The Morgan fingerprint density at radius 1 is 1.26 bits per heavy atom. The highest BCUT2D eigenvalue weighted by atomic mass is 35.5. The van der Waals surface area contributed by atoms with Gasteiger partial charge in [0.15, 0.2) is 0 Å². The van der Waals surface area contributed by atoms with Crippen molar-refractivity contribution in [1.82, 2.24) is 4.98 Å². The molecule has 0 bridgehead atoms. The third-order valence-corrected chi connectivity index (χ3v) is 4.33. The molecule has 0 radical (unpaired) electrons. The van der Waals surface area contributed by atoms with E-state index < -0.39 is 0 Å². The van der Waals surface area contributed by atoms with Crippen LogP contribution in [-0.4, -0.2) is 18.1 Å². The number of piperidine rings is 1. The minimum Gasteiger partial charge on any atom is -0.357 e. The van der Waals surface area contributed by atoms with Crippen molar-refractivity contribution >= 4 is 17.4 Å². The topological polar surface area (TPSA) is 16.1 Å². The molecule has 0 aliphatic carbocycles. The van der Waals surface area contributed by atoms with Gasteiger partial charge in [0.1, 0.15) is 5.82 Å². The van der Waals surface area contributed by atoms with Gasteiger partial charge in [-0.25, -0.2) is 4.98 Å². The van der Waals surface area contributed by atoms with Gasteiger partial charge in [0.2, 0.25) is 0 Å². The van der Waals surface area contributed by atoms with E-state index in [0.29, 0.717) is 11.3 Å². The van der Waals surface area contributed by atoms with Crippen LogP contribution in [0.1, 0.15) is 51.3 Å². The zero-order valence-electron chi connectivity index (χ0n) is 12.4. The van der Waals surface area contributed by atoms with Crippen molar-refractivity contribution < 1.29 is 0 Å². The molecule has 2 heterocycles. The standard InChI is InChI=1S/C16H25ClN2/c1-4-5-14-10-13(12-17)11-15(18-14)19-8-6-16(2,3)7-9-19/h10-11H,4-9,12H2,1-3H3. The predicted octanol–water partition coefficient (Wildman–Crippen LogP) is 4.40. The van der Waals surface area contributed by atoms with E-state index in [1.165, 1.54) is 24.1 Å². The van der Waals surface area contributed by atoms with Crippen LogP contribution < -0.4 is 4.90 Å². The van der Waals surface area contributed by atoms with E-state index in [-0.39, 0.29) is 0 Å². The van der Waals surface area contributed by atoms with Gasteiger partial charge in [-0.05, 0) is 42.4 Å². The molecule has 1 aliphatic rings. The van der Waals surface area contributed by atoms with E-state index >= 15 is 0 Å². The summed E-state index contributed by atoms with van der Waals surface area (Å²) in [6, 6.07) is 4.30. The Morgan fingerprint density at radius 2 is 1.95 bits per heavy atom. The van der Waals surface area contributed by atoms with Crippen LogP contribution in [0.5, 0.6) is 0 Å². The minimum atomic E-state index is 0.479. The summed E-state index contributed by atoms with van der Waals surface area (Å²) in [5.74, 6) is 1.70. The largest absolute Gasteiger partial charge is 0.357 e. The lowest BCUT2D eigenvalue weighted by molar-refractivity contribution is 0.279. The molecule has 2 nitrogen and oxygen atoms in total. The minimum absolute atomic E-state index is 0.479. The van der Waals surface area contributed by atoms with Crippen LogP contribution in [0.2, 0.25) is 0 Å². The number of aryl methyl sites for hydroxylation is 1. The molecule has 0 spiro atoms. The van der Waals surface area contributed by atoms with Crippen LogP contribution >= 0.6 is 11.6 Å². The van der Waals surface area contributed by atoms with Gasteiger partial charge in [-0.1, -0.05) is 27.2 Å². The molecular formula is C16H25ClN2. The maximum absolute atomic E-state index is 6.01. The maximum Gasteiger partial charge on any atom is 0.129 e. The van der Waals surface area contributed by atoms with Crippen molar-refractivity contribution in [3.8, 4) is 0 Å². The molecule has 1 aliphatic heterocycles. The lowest BCUT2D eigenvalue weighted by Crippen LogP contribution is -2.37. The van der Waals surface area contributed by atoms with E-state index in [9.17, 15) is 0 Å². The van der Waals surface area contributed by atoms with Crippen LogP contribution in [0, 0.1) is 5.41 Å². The van der Waals surface area contributed by atoms with Gasteiger partial charge in [-0.15, -0.1) is 11.6 Å². The SMILES string of the molecule is CCCc1cc(CCl)cc(N2CCC(C)(C)CC2)n1. The summed E-state index contributed by atoms with van der Waals surface area (Å²) in [5.41, 5.74) is 2.85. The van der Waals surface area contributed by atoms with Crippen molar-refractivity contribution in [3.63, 3.8) is 0 Å². The third-order valence-electron chi connectivity index (χ3n) is 4.03. The maximum atomic E-state index is 6.01. The summed E-state index contributed by atoms with van der Waals surface area (Å²) >= 11 is 6.01. The molecule has 0 amide bonds. The summed E-state index contributed by atoms with van der Waals surface area (Å²) in [6.07, 6.45) is 4.65. The third kappa shape index (κ3) is 3.85. The average molecular weight is 281 g/mol. The lowest BCUT2D eigenvalue weighted by Gasteiger charge is -2.37. The molecule has 19 heavy (non-hydrogen) atoms. The lowest BCUT2D eigenvalue weighted by atomic mass is 9.83. The first kappa shape index (κ1) is 14.6. The van der Waals surface area contributed by atoms with E-state index in [2.05, 4.69) is 37.8 Å². The number of aromatic nitrogens is 1. The predicted molar refractivity (Wildman–Crippen MR) is 83.0 cm³/mol. The van der Waals surface area contributed by atoms with Crippen molar-refractivity contribution in [1.29, 1.82) is 0 Å². The molecule has 0 saturated carbocycles. The van der Waals surface area contributed by atoms with Gasteiger partial charge < -0.3 is 4.90 Å². The number of hydrogen-bond donors (Lipinski definition) is 0. The Balaban J connectivity index is 2.17. The summed E-state index contributed by atoms with van der Waals surface area (Å²) in [6.45, 7) is 9.12. The number of anilines is 1. The first-order chi connectivity index (χ1) is 9.04. The molecule has 3 heteroatoms. The Hall–Kier alpha value is -0.760. The molecule has 106 valence electrons. The molecule has 1 aromatic heterocycles. The summed E-state index contributed by atoms with van der Waals surface area (Å²) in [7, 11) is 0. The Bertz CT molecular complexity index is 419. The molecule has 0 N–H and O–H groups in total. The molecule has 0 aromatic carbocycles. The number of alkyl halides is 1. The van der Waals surface area contributed by atoms with Crippen molar-refractivity contribution in [3.05, 3.63) is 23.4 Å². The van der Waals surface area contributed by atoms with E-state index in [1.807, 2.05) is 0 Å². The monoisotopic (exact) mass is 280 g/mol. The van der Waals surface area contributed by atoms with Gasteiger partial charge >= 0.3 is 0 Å². The quantitative estimate of drug-likeness (QED) is 0.760. The second kappa shape index (κ2) is 6.13. The van der Waals surface area contributed by atoms with Crippen molar-refractivity contribution in [2.45, 2.75) is 52.3 Å². The Morgan fingerprint density at radius 3 is 2.53 bits per heavy atom. The molecule has 0 unspecified atom stereocenters. The Labute approximate surface area is 122 Å². The number of nitrogens with zero attached hydrogens (tertiary/aromatic N) is 2. The first-order valence-electron chi connectivity index (χ1n) is 7.35. The molecule has 1 fully saturated rings. The van der Waals surface area contributed by atoms with Crippen LogP contribution in [0.4, 0.5) is 5.82 Å². The molecule has 0 atom stereocenters. The highest BCUT2D eigenvalue weighted by Gasteiger charge is 2.26. The van der Waals surface area contributed by atoms with E-state index in [0.717, 1.165) is 31.7 Å². The van der Waals surface area contributed by atoms with Crippen LogP contribution in [0.15, 0.2) is 12.1 Å². The van der Waals surface area contributed by atoms with Gasteiger partial charge in [-0.2, -0.15) is 0 Å². The molecule has 1 saturated heterocycles. The second-order valence-corrected chi connectivity index (χ2v) is 6.63. The molecule has 2 rings (SSSR count). The van der Waals surface area contributed by atoms with Crippen LogP contribution in [-0.2, 0) is 12.3 Å². The highest BCUT2D eigenvalue weighted by Crippen LogP contribution is 2.32. The Kier molecular flexibility index (Phi) is 4.72. The number of pyridine rings is 1. The molecular weight excluding hydrogens is 256 g/mol.